The molecule has 174 valence electrons. The van der Waals surface area contributed by atoms with Crippen LogP contribution in [0.1, 0.15) is 65.3 Å². The SMILES string of the molecule is Cc1ccc2c(c1)C[C@]1(C2=O)[C@H](c2ccccc2)[C@@H](C(=O)OC(C)(C)C)N[C@H]1c1ccccc1. The maximum atomic E-state index is 14.4. The van der Waals surface area contributed by atoms with Gasteiger partial charge in [-0.1, -0.05) is 84.4 Å². The molecule has 1 heterocycles. The monoisotopic (exact) mass is 453 g/mol. The Morgan fingerprint density at radius 1 is 0.941 bits per heavy atom. The molecular formula is C30H31NO3. The highest BCUT2D eigenvalue weighted by molar-refractivity contribution is 6.07. The van der Waals surface area contributed by atoms with Crippen LogP contribution >= 0.6 is 0 Å². The van der Waals surface area contributed by atoms with Crippen molar-refractivity contribution < 1.29 is 14.3 Å². The fourth-order valence-corrected chi connectivity index (χ4v) is 5.88. The lowest BCUT2D eigenvalue weighted by Gasteiger charge is -2.35. The Hall–Kier alpha value is -3.24. The lowest BCUT2D eigenvalue weighted by atomic mass is 9.64. The van der Waals surface area contributed by atoms with Gasteiger partial charge in [-0.3, -0.25) is 14.9 Å². The van der Waals surface area contributed by atoms with Crippen molar-refractivity contribution in [2.45, 2.75) is 57.7 Å². The quantitative estimate of drug-likeness (QED) is 0.528. The summed E-state index contributed by atoms with van der Waals surface area (Å²) in [4.78, 5) is 28.0. The number of carbonyl (C=O) groups is 2. The number of fused-ring (bicyclic) bond motifs is 1. The van der Waals surface area contributed by atoms with Crippen LogP contribution in [-0.2, 0) is 16.0 Å². The largest absolute Gasteiger partial charge is 0.459 e. The molecule has 4 atom stereocenters. The lowest BCUT2D eigenvalue weighted by Crippen LogP contribution is -2.42. The van der Waals surface area contributed by atoms with Gasteiger partial charge in [0, 0.05) is 17.5 Å². The second kappa shape index (κ2) is 8.21. The predicted molar refractivity (Wildman–Crippen MR) is 133 cm³/mol. The van der Waals surface area contributed by atoms with Gasteiger partial charge in [0.1, 0.15) is 11.6 Å². The van der Waals surface area contributed by atoms with Crippen LogP contribution in [0.2, 0.25) is 0 Å². The van der Waals surface area contributed by atoms with Crippen LogP contribution in [0.5, 0.6) is 0 Å². The van der Waals surface area contributed by atoms with E-state index >= 15 is 0 Å². The lowest BCUT2D eigenvalue weighted by molar-refractivity contribution is -0.157. The molecule has 1 fully saturated rings. The number of hydrogen-bond donors (Lipinski definition) is 1. The topological polar surface area (TPSA) is 55.4 Å². The van der Waals surface area contributed by atoms with Crippen LogP contribution in [0.15, 0.2) is 78.9 Å². The third kappa shape index (κ3) is 3.67. The number of esters is 1. The molecule has 1 aliphatic heterocycles. The van der Waals surface area contributed by atoms with Gasteiger partial charge in [-0.05, 0) is 50.8 Å². The number of hydrogen-bond acceptors (Lipinski definition) is 4. The molecule has 1 N–H and O–H groups in total. The van der Waals surface area contributed by atoms with Crippen molar-refractivity contribution in [3.05, 3.63) is 107 Å². The van der Waals surface area contributed by atoms with Crippen molar-refractivity contribution in [2.24, 2.45) is 5.41 Å². The van der Waals surface area contributed by atoms with E-state index in [9.17, 15) is 9.59 Å². The first-order valence-electron chi connectivity index (χ1n) is 11.9. The van der Waals surface area contributed by atoms with Gasteiger partial charge >= 0.3 is 5.97 Å². The van der Waals surface area contributed by atoms with Crippen molar-refractivity contribution in [2.75, 3.05) is 0 Å². The first-order chi connectivity index (χ1) is 16.2. The number of carbonyl (C=O) groups excluding carboxylic acids is 2. The molecule has 0 bridgehead atoms. The van der Waals surface area contributed by atoms with Crippen LogP contribution in [0.4, 0.5) is 0 Å². The van der Waals surface area contributed by atoms with Crippen LogP contribution in [0.25, 0.3) is 0 Å². The molecule has 0 aromatic heterocycles. The summed E-state index contributed by atoms with van der Waals surface area (Å²) in [6.07, 6.45) is 0.578. The van der Waals surface area contributed by atoms with Gasteiger partial charge in [0.05, 0.1) is 5.41 Å². The summed E-state index contributed by atoms with van der Waals surface area (Å²) in [6.45, 7) is 7.68. The summed E-state index contributed by atoms with van der Waals surface area (Å²) in [5.41, 5.74) is 3.47. The Balaban J connectivity index is 1.72. The highest BCUT2D eigenvalue weighted by Gasteiger charge is 2.64. The number of benzene rings is 3. The van der Waals surface area contributed by atoms with E-state index in [-0.39, 0.29) is 23.7 Å². The molecule has 3 aromatic rings. The van der Waals surface area contributed by atoms with E-state index in [1.807, 2.05) is 93.6 Å². The van der Waals surface area contributed by atoms with E-state index in [0.29, 0.717) is 6.42 Å². The molecular weight excluding hydrogens is 422 g/mol. The number of rotatable bonds is 3. The van der Waals surface area contributed by atoms with Crippen LogP contribution in [0.3, 0.4) is 0 Å². The third-order valence-electron chi connectivity index (χ3n) is 7.11. The molecule has 0 unspecified atom stereocenters. The van der Waals surface area contributed by atoms with Crippen molar-refractivity contribution >= 4 is 11.8 Å². The zero-order valence-corrected chi connectivity index (χ0v) is 20.2. The molecule has 0 saturated carbocycles. The second-order valence-electron chi connectivity index (χ2n) is 10.6. The molecule has 1 aliphatic carbocycles. The average Bonchev–Trinajstić information content (AvgIpc) is 3.28. The van der Waals surface area contributed by atoms with E-state index in [1.54, 1.807) is 0 Å². The number of nitrogens with one attached hydrogen (secondary N) is 1. The minimum Gasteiger partial charge on any atom is -0.459 e. The molecule has 0 amide bonds. The van der Waals surface area contributed by atoms with Gasteiger partial charge in [0.15, 0.2) is 5.78 Å². The van der Waals surface area contributed by atoms with Gasteiger partial charge in [-0.25, -0.2) is 0 Å². The first kappa shape index (κ1) is 22.5. The Bertz CT molecular complexity index is 1230. The van der Waals surface area contributed by atoms with E-state index in [4.69, 9.17) is 4.74 Å². The molecule has 3 aromatic carbocycles. The summed E-state index contributed by atoms with van der Waals surface area (Å²) in [6, 6.07) is 25.1. The third-order valence-corrected chi connectivity index (χ3v) is 7.11. The molecule has 4 nitrogen and oxygen atoms in total. The first-order valence-corrected chi connectivity index (χ1v) is 11.9. The predicted octanol–water partition coefficient (Wildman–Crippen LogP) is 5.56. The van der Waals surface area contributed by atoms with E-state index in [2.05, 4.69) is 18.3 Å². The van der Waals surface area contributed by atoms with Crippen molar-refractivity contribution in [1.82, 2.24) is 5.32 Å². The fourth-order valence-electron chi connectivity index (χ4n) is 5.88. The van der Waals surface area contributed by atoms with Crippen molar-refractivity contribution in [3.63, 3.8) is 0 Å². The van der Waals surface area contributed by atoms with Crippen LogP contribution in [0, 0.1) is 12.3 Å². The Labute approximate surface area is 201 Å². The highest BCUT2D eigenvalue weighted by atomic mass is 16.6. The molecule has 1 spiro atoms. The maximum absolute atomic E-state index is 14.4. The smallest absolute Gasteiger partial charge is 0.324 e. The summed E-state index contributed by atoms with van der Waals surface area (Å²) >= 11 is 0. The maximum Gasteiger partial charge on any atom is 0.324 e. The average molecular weight is 454 g/mol. The van der Waals surface area contributed by atoms with Crippen molar-refractivity contribution in [3.8, 4) is 0 Å². The number of ketones is 1. The summed E-state index contributed by atoms with van der Waals surface area (Å²) in [5.74, 6) is -0.586. The summed E-state index contributed by atoms with van der Waals surface area (Å²) in [7, 11) is 0. The Kier molecular flexibility index (Phi) is 5.44. The fraction of sp³-hybridized carbons (Fsp3) is 0.333. The molecule has 5 rings (SSSR count). The zero-order chi connectivity index (χ0) is 24.1. The normalized spacial score (nSPS) is 26.0. The van der Waals surface area contributed by atoms with Crippen molar-refractivity contribution in [1.29, 1.82) is 0 Å². The minimum atomic E-state index is -0.833. The second-order valence-corrected chi connectivity index (χ2v) is 10.6. The van der Waals surface area contributed by atoms with Gasteiger partial charge in [0.2, 0.25) is 0 Å². The standard InChI is InChI=1S/C30H31NO3/c1-19-15-16-23-22(17-19)18-30(27(23)32)24(20-11-7-5-8-12-20)25(28(33)34-29(2,3)4)31-26(30)21-13-9-6-10-14-21/h5-17,24-26,31H,18H2,1-4H3/t24-,25+,26+,30+/m1/s1. The van der Waals surface area contributed by atoms with Gasteiger partial charge in [0.25, 0.3) is 0 Å². The number of aryl methyl sites for hydroxylation is 1. The molecule has 0 radical (unpaired) electrons. The van der Waals surface area contributed by atoms with E-state index in [0.717, 1.165) is 27.8 Å². The van der Waals surface area contributed by atoms with Gasteiger partial charge < -0.3 is 4.74 Å². The molecule has 2 aliphatic rings. The number of Topliss-reactive ketones (excluding diaryl/α,β-unsaturated/α-hetero) is 1. The molecule has 1 saturated heterocycles. The van der Waals surface area contributed by atoms with E-state index < -0.39 is 17.1 Å². The molecule has 4 heteroatoms. The number of ether oxygens (including phenoxy) is 1. The summed E-state index contributed by atoms with van der Waals surface area (Å²) in [5, 5.41) is 3.60. The van der Waals surface area contributed by atoms with Gasteiger partial charge in [-0.15, -0.1) is 0 Å². The molecule has 34 heavy (non-hydrogen) atoms. The van der Waals surface area contributed by atoms with E-state index in [1.165, 1.54) is 0 Å². The Morgan fingerprint density at radius 2 is 1.56 bits per heavy atom. The Morgan fingerprint density at radius 3 is 2.18 bits per heavy atom. The zero-order valence-electron chi connectivity index (χ0n) is 20.2. The minimum absolute atomic E-state index is 0.101. The highest BCUT2D eigenvalue weighted by Crippen LogP contribution is 2.59. The summed E-state index contributed by atoms with van der Waals surface area (Å²) < 4.78 is 5.88. The van der Waals surface area contributed by atoms with Crippen LogP contribution in [-0.4, -0.2) is 23.4 Å². The van der Waals surface area contributed by atoms with Crippen LogP contribution < -0.4 is 5.32 Å². The van der Waals surface area contributed by atoms with Gasteiger partial charge in [-0.2, -0.15) is 0 Å².